The van der Waals surface area contributed by atoms with E-state index < -0.39 is 0 Å². The summed E-state index contributed by atoms with van der Waals surface area (Å²) in [6.45, 7) is 7.71. The Morgan fingerprint density at radius 1 is 0.895 bits per heavy atom. The Labute approximate surface area is 238 Å². The third kappa shape index (κ3) is 4.39. The van der Waals surface area contributed by atoms with E-state index in [1.807, 2.05) is 65.6 Å². The van der Waals surface area contributed by atoms with E-state index in [2.05, 4.69) is 25.8 Å². The fourth-order valence-electron chi connectivity index (χ4n) is 7.01. The average molecular weight is 564 g/mol. The van der Waals surface area contributed by atoms with Crippen molar-refractivity contribution in [1.29, 1.82) is 0 Å². The molecule has 2 atom stereocenters. The SMILES string of the molecule is CC1(C)C[C@@H]2C[C@@](C)(CN2C(=O)c2ccc(-c3ccc(-c4cccc5cccnc45)c(Cl)c3Cl)cc2Cl)C1. The van der Waals surface area contributed by atoms with Crippen molar-refractivity contribution < 1.29 is 4.79 Å². The second kappa shape index (κ2) is 9.26. The van der Waals surface area contributed by atoms with Crippen molar-refractivity contribution in [3.8, 4) is 22.3 Å². The number of likely N-dealkylation sites (tertiary alicyclic amines) is 1. The van der Waals surface area contributed by atoms with Gasteiger partial charge in [-0.15, -0.1) is 0 Å². The summed E-state index contributed by atoms with van der Waals surface area (Å²) in [7, 11) is 0. The van der Waals surface area contributed by atoms with Crippen LogP contribution in [0.4, 0.5) is 0 Å². The smallest absolute Gasteiger partial charge is 0.255 e. The molecule has 6 rings (SSSR count). The van der Waals surface area contributed by atoms with E-state index in [1.165, 1.54) is 0 Å². The van der Waals surface area contributed by atoms with Crippen LogP contribution in [-0.4, -0.2) is 28.4 Å². The zero-order valence-electron chi connectivity index (χ0n) is 21.7. The number of hydrogen-bond donors (Lipinski definition) is 0. The first-order chi connectivity index (χ1) is 18.1. The number of pyridine rings is 1. The molecule has 6 heteroatoms. The number of rotatable bonds is 3. The summed E-state index contributed by atoms with van der Waals surface area (Å²) in [6, 6.07) is 19.7. The Balaban J connectivity index is 1.32. The molecular weight excluding hydrogens is 535 g/mol. The molecule has 4 aromatic rings. The first-order valence-corrected chi connectivity index (χ1v) is 14.1. The highest BCUT2D eigenvalue weighted by atomic mass is 35.5. The molecule has 1 amide bonds. The lowest BCUT2D eigenvalue weighted by Crippen LogP contribution is -2.37. The van der Waals surface area contributed by atoms with Crippen molar-refractivity contribution in [3.05, 3.63) is 87.5 Å². The molecule has 3 aromatic carbocycles. The van der Waals surface area contributed by atoms with Crippen molar-refractivity contribution in [2.75, 3.05) is 6.54 Å². The van der Waals surface area contributed by atoms with Gasteiger partial charge in [0.2, 0.25) is 0 Å². The largest absolute Gasteiger partial charge is 0.335 e. The van der Waals surface area contributed by atoms with Crippen molar-refractivity contribution >= 4 is 51.6 Å². The normalized spacial score (nSPS) is 22.2. The molecule has 3 nitrogen and oxygen atoms in total. The number of carbonyl (C=O) groups is 1. The minimum absolute atomic E-state index is 0.0101. The van der Waals surface area contributed by atoms with E-state index in [9.17, 15) is 4.79 Å². The number of para-hydroxylation sites is 1. The van der Waals surface area contributed by atoms with Crippen LogP contribution in [0.2, 0.25) is 15.1 Å². The van der Waals surface area contributed by atoms with Crippen LogP contribution in [0.25, 0.3) is 33.2 Å². The Kier molecular flexibility index (Phi) is 6.26. The minimum Gasteiger partial charge on any atom is -0.335 e. The number of nitrogens with zero attached hydrogens (tertiary/aromatic N) is 2. The summed E-state index contributed by atoms with van der Waals surface area (Å²) < 4.78 is 0. The van der Waals surface area contributed by atoms with Gasteiger partial charge in [-0.2, -0.15) is 0 Å². The number of amides is 1. The number of aromatic nitrogens is 1. The summed E-state index contributed by atoms with van der Waals surface area (Å²) in [5, 5.41) is 2.36. The molecule has 1 saturated heterocycles. The van der Waals surface area contributed by atoms with Crippen LogP contribution in [0.15, 0.2) is 66.9 Å². The van der Waals surface area contributed by atoms with Gasteiger partial charge in [-0.25, -0.2) is 0 Å². The highest BCUT2D eigenvalue weighted by molar-refractivity contribution is 6.45. The molecule has 2 bridgehead atoms. The summed E-state index contributed by atoms with van der Waals surface area (Å²) >= 11 is 20.4. The summed E-state index contributed by atoms with van der Waals surface area (Å²) in [6.07, 6.45) is 5.00. The van der Waals surface area contributed by atoms with E-state index in [4.69, 9.17) is 34.8 Å². The van der Waals surface area contributed by atoms with E-state index in [1.54, 1.807) is 6.20 Å². The van der Waals surface area contributed by atoms with Crippen molar-refractivity contribution in [2.24, 2.45) is 10.8 Å². The summed E-state index contributed by atoms with van der Waals surface area (Å²) in [4.78, 5) is 20.2. The molecule has 1 saturated carbocycles. The van der Waals surface area contributed by atoms with Gasteiger partial charge in [0.15, 0.2) is 0 Å². The number of hydrogen-bond acceptors (Lipinski definition) is 2. The van der Waals surface area contributed by atoms with Crippen LogP contribution in [0, 0.1) is 10.8 Å². The maximum Gasteiger partial charge on any atom is 0.255 e. The van der Waals surface area contributed by atoms with Gasteiger partial charge >= 0.3 is 0 Å². The molecule has 2 heterocycles. The van der Waals surface area contributed by atoms with Crippen LogP contribution in [0.3, 0.4) is 0 Å². The molecule has 2 fully saturated rings. The fraction of sp³-hybridized carbons (Fsp3) is 0.312. The van der Waals surface area contributed by atoms with Gasteiger partial charge in [-0.05, 0) is 53.9 Å². The topological polar surface area (TPSA) is 33.2 Å². The molecule has 0 N–H and O–H groups in total. The molecule has 1 aliphatic heterocycles. The van der Waals surface area contributed by atoms with E-state index in [0.29, 0.717) is 20.6 Å². The highest BCUT2D eigenvalue weighted by Crippen LogP contribution is 2.53. The molecule has 0 radical (unpaired) electrons. The number of fused-ring (bicyclic) bond motifs is 3. The molecule has 1 aromatic heterocycles. The lowest BCUT2D eigenvalue weighted by atomic mass is 9.65. The second-order valence-electron chi connectivity index (χ2n) is 12.0. The average Bonchev–Trinajstić information content (AvgIpc) is 3.13. The fourth-order valence-corrected chi connectivity index (χ4v) is 7.81. The predicted molar refractivity (Wildman–Crippen MR) is 158 cm³/mol. The Morgan fingerprint density at radius 2 is 1.63 bits per heavy atom. The van der Waals surface area contributed by atoms with Crippen LogP contribution < -0.4 is 0 Å². The van der Waals surface area contributed by atoms with E-state index >= 15 is 0 Å². The van der Waals surface area contributed by atoms with Gasteiger partial charge < -0.3 is 4.90 Å². The minimum atomic E-state index is 0.0101. The predicted octanol–water partition coefficient (Wildman–Crippen LogP) is 9.57. The van der Waals surface area contributed by atoms with Crippen molar-refractivity contribution in [3.63, 3.8) is 0 Å². The maximum atomic E-state index is 13.6. The Hall–Kier alpha value is -2.59. The maximum absolute atomic E-state index is 13.6. The molecule has 2 aliphatic rings. The summed E-state index contributed by atoms with van der Waals surface area (Å²) in [5.74, 6) is 0.0101. The van der Waals surface area contributed by atoms with Gasteiger partial charge in [0.1, 0.15) is 0 Å². The van der Waals surface area contributed by atoms with Gasteiger partial charge in [0, 0.05) is 40.9 Å². The highest BCUT2D eigenvalue weighted by Gasteiger charge is 2.51. The second-order valence-corrected chi connectivity index (χ2v) is 13.2. The standard InChI is InChI=1S/C32H29Cl3N2O/c1-31(2)15-21-16-32(3,17-31)18-37(21)30(38)25-10-9-20(14-26(25)33)22-11-12-23(28(35)27(22)34)24-8-4-6-19-7-5-13-36-29(19)24/h4-14,21H,15-18H2,1-3H3/t21-,32-/m1/s1. The molecular formula is C32H29Cl3N2O. The molecule has 0 unspecified atom stereocenters. The number of halogens is 3. The Morgan fingerprint density at radius 3 is 2.42 bits per heavy atom. The lowest BCUT2D eigenvalue weighted by Gasteiger charge is -2.39. The molecule has 38 heavy (non-hydrogen) atoms. The Bertz CT molecular complexity index is 1590. The zero-order valence-corrected chi connectivity index (χ0v) is 24.0. The van der Waals surface area contributed by atoms with E-state index in [0.717, 1.165) is 59.0 Å². The first-order valence-electron chi connectivity index (χ1n) is 13.0. The van der Waals surface area contributed by atoms with Crippen LogP contribution in [0.1, 0.15) is 50.4 Å². The van der Waals surface area contributed by atoms with Crippen LogP contribution >= 0.6 is 34.8 Å². The monoisotopic (exact) mass is 562 g/mol. The third-order valence-electron chi connectivity index (χ3n) is 8.19. The molecule has 1 aliphatic carbocycles. The number of carbonyl (C=O) groups excluding carboxylic acids is 1. The van der Waals surface area contributed by atoms with Crippen molar-refractivity contribution in [1.82, 2.24) is 9.88 Å². The van der Waals surface area contributed by atoms with Crippen molar-refractivity contribution in [2.45, 2.75) is 46.1 Å². The van der Waals surface area contributed by atoms with Gasteiger partial charge in [0.25, 0.3) is 5.91 Å². The van der Waals surface area contributed by atoms with E-state index in [-0.39, 0.29) is 22.8 Å². The zero-order chi connectivity index (χ0) is 26.8. The quantitative estimate of drug-likeness (QED) is 0.249. The first kappa shape index (κ1) is 25.7. The number of benzene rings is 3. The van der Waals surface area contributed by atoms with Crippen LogP contribution in [-0.2, 0) is 0 Å². The van der Waals surface area contributed by atoms with Gasteiger partial charge in [-0.1, -0.05) is 98.0 Å². The lowest BCUT2D eigenvalue weighted by molar-refractivity contribution is 0.0708. The van der Waals surface area contributed by atoms with Gasteiger partial charge in [0.05, 0.1) is 26.1 Å². The third-order valence-corrected chi connectivity index (χ3v) is 9.39. The van der Waals surface area contributed by atoms with Crippen LogP contribution in [0.5, 0.6) is 0 Å². The molecule has 194 valence electrons. The molecule has 0 spiro atoms. The van der Waals surface area contributed by atoms with Gasteiger partial charge in [-0.3, -0.25) is 9.78 Å². The summed E-state index contributed by atoms with van der Waals surface area (Å²) in [5.41, 5.74) is 5.13.